The molecule has 0 atom stereocenters. The summed E-state index contributed by atoms with van der Waals surface area (Å²) in [5, 5.41) is 2.59. The van der Waals surface area contributed by atoms with Crippen molar-refractivity contribution in [2.24, 2.45) is 0 Å². The van der Waals surface area contributed by atoms with Gasteiger partial charge in [0.1, 0.15) is 0 Å². The molecule has 1 aliphatic heterocycles. The molecule has 1 fully saturated rings. The minimum absolute atomic E-state index is 0.114. The van der Waals surface area contributed by atoms with E-state index in [-0.39, 0.29) is 44.5 Å². The van der Waals surface area contributed by atoms with E-state index >= 15 is 0 Å². The summed E-state index contributed by atoms with van der Waals surface area (Å²) in [4.78, 5) is 40.0. The predicted molar refractivity (Wildman–Crippen MR) is 107 cm³/mol. The van der Waals surface area contributed by atoms with Crippen LogP contribution in [0.3, 0.4) is 0 Å². The van der Waals surface area contributed by atoms with Crippen molar-refractivity contribution in [1.29, 1.82) is 0 Å². The third kappa shape index (κ3) is 5.22. The maximum absolute atomic E-state index is 13.2. The van der Waals surface area contributed by atoms with Crippen LogP contribution in [-0.4, -0.2) is 60.2 Å². The second-order valence-electron chi connectivity index (χ2n) is 7.21. The molecule has 164 valence electrons. The number of aryl methyl sites for hydroxylation is 1. The van der Waals surface area contributed by atoms with Crippen LogP contribution >= 0.6 is 0 Å². The fourth-order valence-electron chi connectivity index (χ4n) is 3.44. The number of rotatable bonds is 4. The number of halogens is 3. The molecule has 31 heavy (non-hydrogen) atoms. The Bertz CT molecular complexity index is 983. The zero-order valence-electron chi connectivity index (χ0n) is 16.9. The van der Waals surface area contributed by atoms with Gasteiger partial charge in [0.2, 0.25) is 5.91 Å². The molecule has 1 saturated heterocycles. The molecule has 3 amide bonds. The number of nitrogens with one attached hydrogen (secondary N) is 1. The zero-order valence-corrected chi connectivity index (χ0v) is 16.9. The van der Waals surface area contributed by atoms with Crippen molar-refractivity contribution in [1.82, 2.24) is 15.1 Å². The largest absolute Gasteiger partial charge is 0.417 e. The summed E-state index contributed by atoms with van der Waals surface area (Å²) in [6.07, 6.45) is -4.63. The second kappa shape index (κ2) is 9.20. The van der Waals surface area contributed by atoms with Crippen LogP contribution in [0.4, 0.5) is 13.2 Å². The van der Waals surface area contributed by atoms with E-state index in [2.05, 4.69) is 5.32 Å². The van der Waals surface area contributed by atoms with Gasteiger partial charge in [0.25, 0.3) is 11.8 Å². The van der Waals surface area contributed by atoms with Crippen LogP contribution in [0.1, 0.15) is 31.8 Å². The number of hydrogen-bond acceptors (Lipinski definition) is 3. The molecule has 1 N–H and O–H groups in total. The first-order valence-corrected chi connectivity index (χ1v) is 9.75. The Morgan fingerprint density at radius 1 is 0.871 bits per heavy atom. The van der Waals surface area contributed by atoms with E-state index < -0.39 is 23.2 Å². The maximum atomic E-state index is 13.2. The number of alkyl halides is 3. The van der Waals surface area contributed by atoms with Crippen LogP contribution in [0.25, 0.3) is 0 Å². The van der Waals surface area contributed by atoms with Crippen molar-refractivity contribution in [3.05, 3.63) is 70.8 Å². The Kier molecular flexibility index (Phi) is 6.62. The fraction of sp³-hybridized carbons (Fsp3) is 0.318. The molecule has 0 bridgehead atoms. The van der Waals surface area contributed by atoms with Crippen LogP contribution < -0.4 is 5.32 Å². The average Bonchev–Trinajstić information content (AvgIpc) is 2.76. The minimum atomic E-state index is -4.63. The van der Waals surface area contributed by atoms with Crippen LogP contribution in [0.15, 0.2) is 48.5 Å². The van der Waals surface area contributed by atoms with Gasteiger partial charge in [0.05, 0.1) is 17.7 Å². The van der Waals surface area contributed by atoms with Gasteiger partial charge in [-0.25, -0.2) is 0 Å². The average molecular weight is 433 g/mol. The normalized spacial score (nSPS) is 14.3. The Labute approximate surface area is 177 Å². The summed E-state index contributed by atoms with van der Waals surface area (Å²) < 4.78 is 39.5. The van der Waals surface area contributed by atoms with Crippen molar-refractivity contribution in [3.63, 3.8) is 0 Å². The van der Waals surface area contributed by atoms with E-state index in [1.165, 1.54) is 21.9 Å². The summed E-state index contributed by atoms with van der Waals surface area (Å²) in [6.45, 7) is 2.19. The lowest BCUT2D eigenvalue weighted by Crippen LogP contribution is -2.52. The van der Waals surface area contributed by atoms with Gasteiger partial charge in [-0.3, -0.25) is 14.4 Å². The molecule has 2 aromatic carbocycles. The first-order valence-electron chi connectivity index (χ1n) is 9.75. The van der Waals surface area contributed by atoms with Gasteiger partial charge in [0.15, 0.2) is 0 Å². The SMILES string of the molecule is Cc1ccccc1C(=O)NCC(=O)N1CCN(C(=O)c2ccccc2C(F)(F)F)CC1. The third-order valence-electron chi connectivity index (χ3n) is 5.17. The van der Waals surface area contributed by atoms with Crippen molar-refractivity contribution < 1.29 is 27.6 Å². The Morgan fingerprint density at radius 3 is 2.03 bits per heavy atom. The minimum Gasteiger partial charge on any atom is -0.343 e. The molecule has 0 aromatic heterocycles. The molecule has 1 aliphatic rings. The lowest BCUT2D eigenvalue weighted by atomic mass is 10.1. The van der Waals surface area contributed by atoms with Gasteiger partial charge in [-0.05, 0) is 30.7 Å². The zero-order chi connectivity index (χ0) is 22.6. The highest BCUT2D eigenvalue weighted by molar-refractivity contribution is 5.98. The predicted octanol–water partition coefficient (Wildman–Crippen LogP) is 2.73. The van der Waals surface area contributed by atoms with Gasteiger partial charge in [0, 0.05) is 31.7 Å². The van der Waals surface area contributed by atoms with Crippen LogP contribution in [-0.2, 0) is 11.0 Å². The van der Waals surface area contributed by atoms with Crippen molar-refractivity contribution in [2.75, 3.05) is 32.7 Å². The van der Waals surface area contributed by atoms with Gasteiger partial charge in [-0.15, -0.1) is 0 Å². The molecule has 2 aromatic rings. The second-order valence-corrected chi connectivity index (χ2v) is 7.21. The number of carbonyl (C=O) groups is 3. The van der Waals surface area contributed by atoms with E-state index in [9.17, 15) is 27.6 Å². The summed E-state index contributed by atoms with van der Waals surface area (Å²) in [7, 11) is 0. The molecule has 0 aliphatic carbocycles. The number of hydrogen-bond donors (Lipinski definition) is 1. The lowest BCUT2D eigenvalue weighted by molar-refractivity contribution is -0.138. The number of nitrogens with zero attached hydrogens (tertiary/aromatic N) is 2. The standard InChI is InChI=1S/C22H22F3N3O3/c1-15-6-2-3-7-16(15)20(30)26-14-19(29)27-10-12-28(13-11-27)21(31)17-8-4-5-9-18(17)22(23,24)25/h2-9H,10-14H2,1H3,(H,26,30). The quantitative estimate of drug-likeness (QED) is 0.806. The Balaban J connectivity index is 1.55. The first-order chi connectivity index (χ1) is 14.7. The number of benzene rings is 2. The summed E-state index contributed by atoms with van der Waals surface area (Å²) >= 11 is 0. The molecule has 1 heterocycles. The van der Waals surface area contributed by atoms with Gasteiger partial charge in [-0.2, -0.15) is 13.2 Å². The Morgan fingerprint density at radius 2 is 1.42 bits per heavy atom. The van der Waals surface area contributed by atoms with Crippen LogP contribution in [0, 0.1) is 6.92 Å². The van der Waals surface area contributed by atoms with Crippen molar-refractivity contribution >= 4 is 17.7 Å². The van der Waals surface area contributed by atoms with E-state index in [4.69, 9.17) is 0 Å². The summed E-state index contributed by atoms with van der Waals surface area (Å²) in [6, 6.07) is 11.7. The monoisotopic (exact) mass is 433 g/mol. The molecule has 0 radical (unpaired) electrons. The third-order valence-corrected chi connectivity index (χ3v) is 5.17. The number of carbonyl (C=O) groups excluding carboxylic acids is 3. The molecule has 6 nitrogen and oxygen atoms in total. The molecular formula is C22H22F3N3O3. The topological polar surface area (TPSA) is 69.7 Å². The van der Waals surface area contributed by atoms with Gasteiger partial charge in [-0.1, -0.05) is 30.3 Å². The molecule has 0 spiro atoms. The molecule has 0 saturated carbocycles. The molecule has 3 rings (SSSR count). The summed E-state index contributed by atoms with van der Waals surface area (Å²) in [5.41, 5.74) is -0.106. The van der Waals surface area contributed by atoms with Crippen molar-refractivity contribution in [3.8, 4) is 0 Å². The highest BCUT2D eigenvalue weighted by Crippen LogP contribution is 2.32. The highest BCUT2D eigenvalue weighted by atomic mass is 19.4. The Hall–Kier alpha value is -3.36. The highest BCUT2D eigenvalue weighted by Gasteiger charge is 2.36. The first kappa shape index (κ1) is 22.3. The lowest BCUT2D eigenvalue weighted by Gasteiger charge is -2.35. The van der Waals surface area contributed by atoms with E-state index in [1.807, 2.05) is 6.07 Å². The van der Waals surface area contributed by atoms with Crippen LogP contribution in [0.5, 0.6) is 0 Å². The van der Waals surface area contributed by atoms with E-state index in [1.54, 1.807) is 25.1 Å². The molecule has 0 unspecified atom stereocenters. The van der Waals surface area contributed by atoms with E-state index in [0.29, 0.717) is 5.56 Å². The number of amides is 3. The van der Waals surface area contributed by atoms with Crippen LogP contribution in [0.2, 0.25) is 0 Å². The fourth-order valence-corrected chi connectivity index (χ4v) is 3.44. The smallest absolute Gasteiger partial charge is 0.343 e. The molecule has 9 heteroatoms. The number of piperazine rings is 1. The van der Waals surface area contributed by atoms with Crippen molar-refractivity contribution in [2.45, 2.75) is 13.1 Å². The summed E-state index contributed by atoms with van der Waals surface area (Å²) in [5.74, 6) is -1.39. The van der Waals surface area contributed by atoms with Gasteiger partial charge >= 0.3 is 6.18 Å². The van der Waals surface area contributed by atoms with E-state index in [0.717, 1.165) is 17.7 Å². The van der Waals surface area contributed by atoms with Gasteiger partial charge < -0.3 is 15.1 Å². The maximum Gasteiger partial charge on any atom is 0.417 e. The molecular weight excluding hydrogens is 411 g/mol.